The van der Waals surface area contributed by atoms with Crippen molar-refractivity contribution in [2.75, 3.05) is 33.4 Å². The van der Waals surface area contributed by atoms with Gasteiger partial charge in [0.1, 0.15) is 12.4 Å². The summed E-state index contributed by atoms with van der Waals surface area (Å²) in [4.78, 5) is 18.7. The molecule has 1 saturated heterocycles. The fraction of sp³-hybridized carbons (Fsp3) is 0.464. The zero-order chi connectivity index (χ0) is 24.6. The molecule has 3 aromatic rings. The fourth-order valence-electron chi connectivity index (χ4n) is 5.04. The SMILES string of the molecule is CCCC(Cc1cc2ccccc2nc1OC)c1cc(OCCN2CCCCC2)ccc1[N+](=O)[O-]. The van der Waals surface area contributed by atoms with Crippen LogP contribution in [-0.4, -0.2) is 48.2 Å². The molecule has 0 aliphatic carbocycles. The molecule has 2 aromatic carbocycles. The molecule has 1 unspecified atom stereocenters. The summed E-state index contributed by atoms with van der Waals surface area (Å²) in [5.74, 6) is 1.21. The Bertz CT molecular complexity index is 1140. The molecular formula is C28H35N3O4. The molecule has 186 valence electrons. The third kappa shape index (κ3) is 6.28. The van der Waals surface area contributed by atoms with Gasteiger partial charge in [0.25, 0.3) is 5.69 Å². The van der Waals surface area contributed by atoms with Gasteiger partial charge in [0.05, 0.1) is 17.5 Å². The number of benzene rings is 2. The van der Waals surface area contributed by atoms with Crippen molar-refractivity contribution >= 4 is 16.6 Å². The Kier molecular flexibility index (Phi) is 8.53. The number of likely N-dealkylation sites (tertiary alicyclic amines) is 1. The van der Waals surface area contributed by atoms with Crippen LogP contribution in [0.1, 0.15) is 56.1 Å². The van der Waals surface area contributed by atoms with Gasteiger partial charge in [-0.25, -0.2) is 4.98 Å². The largest absolute Gasteiger partial charge is 0.492 e. The van der Waals surface area contributed by atoms with Crippen molar-refractivity contribution in [3.63, 3.8) is 0 Å². The summed E-state index contributed by atoms with van der Waals surface area (Å²) >= 11 is 0. The lowest BCUT2D eigenvalue weighted by molar-refractivity contribution is -0.385. The molecule has 0 saturated carbocycles. The van der Waals surface area contributed by atoms with E-state index in [1.165, 1.54) is 19.3 Å². The van der Waals surface area contributed by atoms with Crippen LogP contribution in [0.2, 0.25) is 0 Å². The van der Waals surface area contributed by atoms with Crippen LogP contribution in [0.4, 0.5) is 5.69 Å². The van der Waals surface area contributed by atoms with Gasteiger partial charge in [-0.15, -0.1) is 0 Å². The second-order valence-electron chi connectivity index (χ2n) is 9.27. The van der Waals surface area contributed by atoms with Gasteiger partial charge in [0, 0.05) is 29.1 Å². The van der Waals surface area contributed by atoms with E-state index in [1.54, 1.807) is 19.2 Å². The van der Waals surface area contributed by atoms with Crippen molar-refractivity contribution in [2.45, 2.75) is 51.4 Å². The maximum atomic E-state index is 11.9. The van der Waals surface area contributed by atoms with E-state index >= 15 is 0 Å². The molecule has 0 N–H and O–H groups in total. The Morgan fingerprint density at radius 1 is 1.11 bits per heavy atom. The summed E-state index contributed by atoms with van der Waals surface area (Å²) < 4.78 is 11.7. The third-order valence-electron chi connectivity index (χ3n) is 6.82. The second-order valence-corrected chi connectivity index (χ2v) is 9.27. The Labute approximate surface area is 207 Å². The van der Waals surface area contributed by atoms with Crippen molar-refractivity contribution in [3.8, 4) is 11.6 Å². The van der Waals surface area contributed by atoms with Crippen molar-refractivity contribution in [1.29, 1.82) is 0 Å². The number of hydrogen-bond donors (Lipinski definition) is 0. The van der Waals surface area contributed by atoms with E-state index in [9.17, 15) is 10.1 Å². The quantitative estimate of drug-likeness (QED) is 0.244. The van der Waals surface area contributed by atoms with Crippen LogP contribution < -0.4 is 9.47 Å². The first-order valence-corrected chi connectivity index (χ1v) is 12.6. The van der Waals surface area contributed by atoms with Crippen LogP contribution >= 0.6 is 0 Å². The van der Waals surface area contributed by atoms with Gasteiger partial charge in [0.2, 0.25) is 5.88 Å². The third-order valence-corrected chi connectivity index (χ3v) is 6.82. The first kappa shape index (κ1) is 24.9. The van der Waals surface area contributed by atoms with Gasteiger partial charge in [-0.3, -0.25) is 15.0 Å². The van der Waals surface area contributed by atoms with E-state index in [2.05, 4.69) is 22.9 Å². The topological polar surface area (TPSA) is 77.7 Å². The average Bonchev–Trinajstić information content (AvgIpc) is 2.88. The van der Waals surface area contributed by atoms with E-state index in [0.717, 1.165) is 48.9 Å². The van der Waals surface area contributed by atoms with Gasteiger partial charge in [-0.1, -0.05) is 38.0 Å². The Balaban J connectivity index is 1.59. The molecular weight excluding hydrogens is 442 g/mol. The molecule has 0 amide bonds. The van der Waals surface area contributed by atoms with Gasteiger partial charge in [0.15, 0.2) is 0 Å². The molecule has 0 spiro atoms. The van der Waals surface area contributed by atoms with Crippen LogP contribution in [0.25, 0.3) is 10.9 Å². The maximum Gasteiger partial charge on any atom is 0.273 e. The van der Waals surface area contributed by atoms with Gasteiger partial charge >= 0.3 is 0 Å². The van der Waals surface area contributed by atoms with Crippen molar-refractivity contribution in [3.05, 3.63) is 69.8 Å². The number of piperidine rings is 1. The summed E-state index contributed by atoms with van der Waals surface area (Å²) in [5.41, 5.74) is 2.67. The summed E-state index contributed by atoms with van der Waals surface area (Å²) in [5, 5.41) is 13.0. The van der Waals surface area contributed by atoms with Crippen molar-refractivity contribution < 1.29 is 14.4 Å². The van der Waals surface area contributed by atoms with E-state index in [-0.39, 0.29) is 16.5 Å². The van der Waals surface area contributed by atoms with Crippen LogP contribution in [0.15, 0.2) is 48.5 Å². The standard InChI is InChI=1S/C28H35N3O4/c1-3-9-21(18-23-19-22-10-5-6-11-26(22)29-28(23)34-2)25-20-24(12-13-27(25)31(32)33)35-17-16-30-14-7-4-8-15-30/h5-6,10-13,19-21H,3-4,7-9,14-18H2,1-2H3. The molecule has 2 heterocycles. The minimum absolute atomic E-state index is 0.0529. The molecule has 1 atom stereocenters. The zero-order valence-electron chi connectivity index (χ0n) is 20.7. The predicted octanol–water partition coefficient (Wildman–Crippen LogP) is 6.14. The highest BCUT2D eigenvalue weighted by Gasteiger charge is 2.25. The smallest absolute Gasteiger partial charge is 0.273 e. The van der Waals surface area contributed by atoms with E-state index in [1.807, 2.05) is 30.3 Å². The highest BCUT2D eigenvalue weighted by atomic mass is 16.6. The summed E-state index contributed by atoms with van der Waals surface area (Å²) in [6.07, 6.45) is 6.12. The highest BCUT2D eigenvalue weighted by molar-refractivity contribution is 5.80. The molecule has 0 bridgehead atoms. The van der Waals surface area contributed by atoms with Crippen molar-refractivity contribution in [2.24, 2.45) is 0 Å². The number of nitro benzene ring substituents is 1. The Morgan fingerprint density at radius 2 is 1.91 bits per heavy atom. The predicted molar refractivity (Wildman–Crippen MR) is 139 cm³/mol. The number of para-hydroxylation sites is 1. The first-order valence-electron chi connectivity index (χ1n) is 12.6. The number of aromatic nitrogens is 1. The number of nitrogens with zero attached hydrogens (tertiary/aromatic N) is 3. The molecule has 7 heteroatoms. The number of nitro groups is 1. The molecule has 1 fully saturated rings. The lowest BCUT2D eigenvalue weighted by Crippen LogP contribution is -2.33. The summed E-state index contributed by atoms with van der Waals surface area (Å²) in [6.45, 7) is 5.81. The van der Waals surface area contributed by atoms with Gasteiger partial charge < -0.3 is 9.47 Å². The number of rotatable bonds is 11. The average molecular weight is 478 g/mol. The van der Waals surface area contributed by atoms with E-state index < -0.39 is 0 Å². The molecule has 0 radical (unpaired) electrons. The van der Waals surface area contributed by atoms with E-state index in [4.69, 9.17) is 9.47 Å². The summed E-state index contributed by atoms with van der Waals surface area (Å²) in [7, 11) is 1.62. The van der Waals surface area contributed by atoms with Gasteiger partial charge in [-0.05, 0) is 69.0 Å². The second kappa shape index (κ2) is 12.0. The number of methoxy groups -OCH3 is 1. The lowest BCUT2D eigenvalue weighted by atomic mass is 9.87. The number of fused-ring (bicyclic) bond motifs is 1. The molecule has 1 aromatic heterocycles. The minimum atomic E-state index is -0.286. The maximum absolute atomic E-state index is 11.9. The Hall–Kier alpha value is -3.19. The molecule has 7 nitrogen and oxygen atoms in total. The number of pyridine rings is 1. The first-order chi connectivity index (χ1) is 17.1. The van der Waals surface area contributed by atoms with Crippen LogP contribution in [-0.2, 0) is 6.42 Å². The van der Waals surface area contributed by atoms with E-state index in [0.29, 0.717) is 30.2 Å². The van der Waals surface area contributed by atoms with Crippen LogP contribution in [0, 0.1) is 10.1 Å². The van der Waals surface area contributed by atoms with Gasteiger partial charge in [-0.2, -0.15) is 0 Å². The van der Waals surface area contributed by atoms with Crippen molar-refractivity contribution in [1.82, 2.24) is 9.88 Å². The highest BCUT2D eigenvalue weighted by Crippen LogP contribution is 2.37. The lowest BCUT2D eigenvalue weighted by Gasteiger charge is -2.26. The number of ether oxygens (including phenoxy) is 2. The molecule has 1 aliphatic heterocycles. The minimum Gasteiger partial charge on any atom is -0.492 e. The normalized spacial score (nSPS) is 15.1. The molecule has 1 aliphatic rings. The molecule has 4 rings (SSSR count). The Morgan fingerprint density at radius 3 is 2.66 bits per heavy atom. The van der Waals surface area contributed by atoms with Crippen LogP contribution in [0.5, 0.6) is 11.6 Å². The van der Waals surface area contributed by atoms with Crippen LogP contribution in [0.3, 0.4) is 0 Å². The molecule has 35 heavy (non-hydrogen) atoms. The summed E-state index contributed by atoms with van der Waals surface area (Å²) in [6, 6.07) is 15.2. The zero-order valence-corrected chi connectivity index (χ0v) is 20.7. The monoisotopic (exact) mass is 477 g/mol. The fourth-order valence-corrected chi connectivity index (χ4v) is 5.04. The number of hydrogen-bond acceptors (Lipinski definition) is 6.